The first-order valence-corrected chi connectivity index (χ1v) is 4.02. The zero-order chi connectivity index (χ0) is 8.10. The summed E-state index contributed by atoms with van der Waals surface area (Å²) < 4.78 is 4.87. The molecule has 0 aliphatic heterocycles. The number of aromatic nitrogens is 1. The largest absolute Gasteiger partial charge is 0.384 e. The summed E-state index contributed by atoms with van der Waals surface area (Å²) in [6, 6.07) is 2.04. The van der Waals surface area contributed by atoms with Crippen LogP contribution in [0.1, 0.15) is 9.88 Å². The van der Waals surface area contributed by atoms with E-state index in [2.05, 4.69) is 4.98 Å². The molecule has 0 radical (unpaired) electrons. The van der Waals surface area contributed by atoms with E-state index in [9.17, 15) is 0 Å². The Kier molecular flexibility index (Phi) is 3.02. The zero-order valence-electron chi connectivity index (χ0n) is 6.20. The fourth-order valence-corrected chi connectivity index (χ4v) is 1.36. The molecule has 0 fully saturated rings. The number of thiazole rings is 1. The molecule has 0 unspecified atom stereocenters. The Morgan fingerprint density at radius 3 is 3.18 bits per heavy atom. The van der Waals surface area contributed by atoms with E-state index < -0.39 is 0 Å². The van der Waals surface area contributed by atoms with Crippen molar-refractivity contribution in [1.29, 1.82) is 5.26 Å². The van der Waals surface area contributed by atoms with Gasteiger partial charge in [0.05, 0.1) is 17.8 Å². The summed E-state index contributed by atoms with van der Waals surface area (Å²) in [5, 5.41) is 9.43. The van der Waals surface area contributed by atoms with Crippen LogP contribution in [0.15, 0.2) is 6.20 Å². The van der Waals surface area contributed by atoms with Gasteiger partial charge in [-0.05, 0) is 0 Å². The molecule has 0 amide bonds. The van der Waals surface area contributed by atoms with E-state index in [1.54, 1.807) is 13.3 Å². The van der Waals surface area contributed by atoms with Crippen LogP contribution in [0.3, 0.4) is 0 Å². The van der Waals surface area contributed by atoms with Gasteiger partial charge in [0, 0.05) is 13.5 Å². The minimum atomic E-state index is 0.663. The lowest BCUT2D eigenvalue weighted by Crippen LogP contribution is -1.92. The highest BCUT2D eigenvalue weighted by molar-refractivity contribution is 7.12. The molecule has 0 N–H and O–H groups in total. The van der Waals surface area contributed by atoms with Gasteiger partial charge in [-0.3, -0.25) is 0 Å². The van der Waals surface area contributed by atoms with Gasteiger partial charge in [-0.2, -0.15) is 5.26 Å². The number of rotatable bonds is 3. The third-order valence-electron chi connectivity index (χ3n) is 1.18. The maximum absolute atomic E-state index is 8.47. The summed E-state index contributed by atoms with van der Waals surface area (Å²) in [7, 11) is 1.65. The van der Waals surface area contributed by atoms with Crippen molar-refractivity contribution in [3.05, 3.63) is 16.1 Å². The summed E-state index contributed by atoms with van der Waals surface area (Å²) in [6.07, 6.45) is 2.39. The van der Waals surface area contributed by atoms with Crippen LogP contribution in [0.25, 0.3) is 0 Å². The molecule has 0 saturated carbocycles. The van der Waals surface area contributed by atoms with Crippen LogP contribution in [-0.2, 0) is 11.2 Å². The smallest absolute Gasteiger partial charge is 0.124 e. The highest BCUT2D eigenvalue weighted by atomic mass is 32.1. The lowest BCUT2D eigenvalue weighted by molar-refractivity contribution is 0.202. The molecule has 0 aliphatic carbocycles. The maximum atomic E-state index is 8.47. The first-order chi connectivity index (χ1) is 5.36. The van der Waals surface area contributed by atoms with Gasteiger partial charge in [0.25, 0.3) is 0 Å². The monoisotopic (exact) mass is 168 g/mol. The molecule has 0 spiro atoms. The van der Waals surface area contributed by atoms with Gasteiger partial charge in [0.15, 0.2) is 0 Å². The second-order valence-electron chi connectivity index (χ2n) is 1.97. The van der Waals surface area contributed by atoms with E-state index in [1.165, 1.54) is 11.3 Å². The highest BCUT2D eigenvalue weighted by Crippen LogP contribution is 2.11. The minimum absolute atomic E-state index is 0.663. The molecular formula is C7H8N2OS. The van der Waals surface area contributed by atoms with Crippen molar-refractivity contribution in [2.75, 3.05) is 13.7 Å². The van der Waals surface area contributed by atoms with Crippen molar-refractivity contribution in [2.24, 2.45) is 0 Å². The Hall–Kier alpha value is -0.920. The number of nitrogens with zero attached hydrogens (tertiary/aromatic N) is 2. The van der Waals surface area contributed by atoms with Crippen LogP contribution >= 0.6 is 11.3 Å². The molecule has 58 valence electrons. The lowest BCUT2D eigenvalue weighted by atomic mass is 10.5. The Bertz CT molecular complexity index is 264. The zero-order valence-corrected chi connectivity index (χ0v) is 7.02. The molecular weight excluding hydrogens is 160 g/mol. The van der Waals surface area contributed by atoms with E-state index in [4.69, 9.17) is 10.00 Å². The van der Waals surface area contributed by atoms with Crippen molar-refractivity contribution in [3.63, 3.8) is 0 Å². The predicted octanol–water partition coefficient (Wildman–Crippen LogP) is 1.20. The van der Waals surface area contributed by atoms with Gasteiger partial charge >= 0.3 is 0 Å². The van der Waals surface area contributed by atoms with Crippen LogP contribution in [0.2, 0.25) is 0 Å². The molecule has 0 aliphatic rings. The summed E-state index contributed by atoms with van der Waals surface area (Å²) in [5.74, 6) is 0. The van der Waals surface area contributed by atoms with Crippen molar-refractivity contribution in [1.82, 2.24) is 4.98 Å². The fraction of sp³-hybridized carbons (Fsp3) is 0.429. The van der Waals surface area contributed by atoms with Crippen molar-refractivity contribution >= 4 is 11.3 Å². The van der Waals surface area contributed by atoms with Gasteiger partial charge in [-0.25, -0.2) is 4.98 Å². The lowest BCUT2D eigenvalue weighted by Gasteiger charge is -1.91. The predicted molar refractivity (Wildman–Crippen MR) is 42.4 cm³/mol. The van der Waals surface area contributed by atoms with Gasteiger partial charge in [0.2, 0.25) is 0 Å². The third kappa shape index (κ3) is 2.30. The molecule has 4 heteroatoms. The number of ether oxygens (including phenoxy) is 1. The first-order valence-electron chi connectivity index (χ1n) is 3.20. The second kappa shape index (κ2) is 4.06. The molecule has 11 heavy (non-hydrogen) atoms. The van der Waals surface area contributed by atoms with E-state index >= 15 is 0 Å². The summed E-state index contributed by atoms with van der Waals surface area (Å²) >= 11 is 1.42. The fourth-order valence-electron chi connectivity index (χ4n) is 0.667. The number of hydrogen-bond acceptors (Lipinski definition) is 4. The topological polar surface area (TPSA) is 45.9 Å². The Balaban J connectivity index is 2.53. The van der Waals surface area contributed by atoms with Gasteiger partial charge in [0.1, 0.15) is 10.9 Å². The third-order valence-corrected chi connectivity index (χ3v) is 2.15. The molecule has 0 bridgehead atoms. The molecule has 0 aromatic carbocycles. The molecule has 1 aromatic heterocycles. The molecule has 0 saturated heterocycles. The number of hydrogen-bond donors (Lipinski definition) is 0. The van der Waals surface area contributed by atoms with E-state index in [0.29, 0.717) is 11.5 Å². The molecule has 1 rings (SSSR count). The Labute approximate surface area is 69.3 Å². The van der Waals surface area contributed by atoms with Crippen molar-refractivity contribution in [2.45, 2.75) is 6.42 Å². The first kappa shape index (κ1) is 8.18. The average molecular weight is 168 g/mol. The van der Waals surface area contributed by atoms with Crippen LogP contribution in [0.5, 0.6) is 0 Å². The van der Waals surface area contributed by atoms with Crippen molar-refractivity contribution in [3.8, 4) is 6.07 Å². The van der Waals surface area contributed by atoms with Gasteiger partial charge in [-0.1, -0.05) is 0 Å². The molecule has 0 atom stereocenters. The molecule has 3 nitrogen and oxygen atoms in total. The van der Waals surface area contributed by atoms with Crippen molar-refractivity contribution < 1.29 is 4.74 Å². The Morgan fingerprint density at radius 1 is 1.82 bits per heavy atom. The Morgan fingerprint density at radius 2 is 2.64 bits per heavy atom. The highest BCUT2D eigenvalue weighted by Gasteiger charge is 1.99. The normalized spacial score (nSPS) is 9.45. The van der Waals surface area contributed by atoms with E-state index in [1.807, 2.05) is 6.07 Å². The quantitative estimate of drug-likeness (QED) is 0.681. The summed E-state index contributed by atoms with van der Waals surface area (Å²) in [5.41, 5.74) is 0. The average Bonchev–Trinajstić information content (AvgIpc) is 2.48. The standard InChI is InChI=1S/C7H8N2OS/c1-10-3-2-7-9-5-6(4-8)11-7/h5H,2-3H2,1H3. The van der Waals surface area contributed by atoms with Gasteiger partial charge < -0.3 is 4.74 Å². The van der Waals surface area contributed by atoms with Crippen LogP contribution in [0.4, 0.5) is 0 Å². The SMILES string of the molecule is COCCc1ncc(C#N)s1. The second-order valence-corrected chi connectivity index (χ2v) is 3.09. The summed E-state index contributed by atoms with van der Waals surface area (Å²) in [6.45, 7) is 0.665. The number of nitriles is 1. The molecule has 1 heterocycles. The van der Waals surface area contributed by atoms with Crippen LogP contribution < -0.4 is 0 Å². The number of methoxy groups -OCH3 is 1. The van der Waals surface area contributed by atoms with E-state index in [0.717, 1.165) is 11.4 Å². The minimum Gasteiger partial charge on any atom is -0.384 e. The molecule has 1 aromatic rings. The maximum Gasteiger partial charge on any atom is 0.124 e. The summed E-state index contributed by atoms with van der Waals surface area (Å²) in [4.78, 5) is 4.70. The van der Waals surface area contributed by atoms with E-state index in [-0.39, 0.29) is 0 Å². The van der Waals surface area contributed by atoms with Crippen LogP contribution in [0, 0.1) is 11.3 Å². The van der Waals surface area contributed by atoms with Gasteiger partial charge in [-0.15, -0.1) is 11.3 Å². The van der Waals surface area contributed by atoms with Crippen LogP contribution in [-0.4, -0.2) is 18.7 Å².